The molecule has 1 saturated carbocycles. The maximum absolute atomic E-state index is 9.30. The van der Waals surface area contributed by atoms with Gasteiger partial charge in [-0.2, -0.15) is 0 Å². The van der Waals surface area contributed by atoms with Crippen molar-refractivity contribution in [2.45, 2.75) is 43.6 Å². The zero-order valence-electron chi connectivity index (χ0n) is 5.73. The Hall–Kier alpha value is 0.250. The van der Waals surface area contributed by atoms with Crippen molar-refractivity contribution in [3.8, 4) is 0 Å². The number of halogens is 1. The van der Waals surface area contributed by atoms with Crippen molar-refractivity contribution in [3.05, 3.63) is 0 Å². The highest BCUT2D eigenvalue weighted by Crippen LogP contribution is 2.33. The fraction of sp³-hybridized carbons (Fsp3) is 1.00. The van der Waals surface area contributed by atoms with Crippen LogP contribution in [0.4, 0.5) is 0 Å². The molecule has 0 aromatic heterocycles. The molecule has 0 bridgehead atoms. The second kappa shape index (κ2) is 2.47. The number of hydrogen-bond acceptors (Lipinski definition) is 1. The first-order valence-electron chi connectivity index (χ1n) is 3.50. The van der Waals surface area contributed by atoms with Gasteiger partial charge in [-0.1, -0.05) is 12.8 Å². The molecule has 1 rings (SSSR count). The number of hydrogen-bond donors (Lipinski definition) is 1. The lowest BCUT2D eigenvalue weighted by Crippen LogP contribution is -2.36. The Labute approximate surface area is 61.0 Å². The standard InChI is InChI=1S/C7H13ClO/c1-7(8)5-3-2-4-6(7)9/h6,9H,2-5H2,1H3. The van der Waals surface area contributed by atoms with E-state index in [2.05, 4.69) is 0 Å². The van der Waals surface area contributed by atoms with E-state index in [0.29, 0.717) is 0 Å². The van der Waals surface area contributed by atoms with Crippen LogP contribution in [0.5, 0.6) is 0 Å². The summed E-state index contributed by atoms with van der Waals surface area (Å²) < 4.78 is 0. The highest BCUT2D eigenvalue weighted by atomic mass is 35.5. The van der Waals surface area contributed by atoms with Crippen LogP contribution in [0.15, 0.2) is 0 Å². The fourth-order valence-electron chi connectivity index (χ4n) is 1.28. The van der Waals surface area contributed by atoms with Crippen molar-refractivity contribution in [1.29, 1.82) is 0 Å². The highest BCUT2D eigenvalue weighted by molar-refractivity contribution is 6.24. The molecule has 0 saturated heterocycles. The molecule has 2 heteroatoms. The van der Waals surface area contributed by atoms with Crippen molar-refractivity contribution >= 4 is 11.6 Å². The van der Waals surface area contributed by atoms with Gasteiger partial charge in [0.15, 0.2) is 0 Å². The molecule has 0 amide bonds. The lowest BCUT2D eigenvalue weighted by atomic mass is 9.87. The molecule has 0 aromatic carbocycles. The van der Waals surface area contributed by atoms with Crippen LogP contribution in [0, 0.1) is 0 Å². The van der Waals surface area contributed by atoms with Crippen LogP contribution in [0.25, 0.3) is 0 Å². The minimum atomic E-state index is -0.335. The van der Waals surface area contributed by atoms with Crippen molar-refractivity contribution in [2.75, 3.05) is 0 Å². The van der Waals surface area contributed by atoms with Crippen molar-refractivity contribution in [3.63, 3.8) is 0 Å². The summed E-state index contributed by atoms with van der Waals surface area (Å²) in [5.41, 5.74) is 0. The van der Waals surface area contributed by atoms with Gasteiger partial charge >= 0.3 is 0 Å². The summed E-state index contributed by atoms with van der Waals surface area (Å²) in [6, 6.07) is 0. The minimum absolute atomic E-state index is 0.284. The van der Waals surface area contributed by atoms with E-state index in [1.807, 2.05) is 6.92 Å². The largest absolute Gasteiger partial charge is 0.391 e. The molecule has 0 spiro atoms. The molecule has 9 heavy (non-hydrogen) atoms. The van der Waals surface area contributed by atoms with Crippen LogP contribution in [0.3, 0.4) is 0 Å². The zero-order chi connectivity index (χ0) is 6.91. The summed E-state index contributed by atoms with van der Waals surface area (Å²) in [5.74, 6) is 0. The van der Waals surface area contributed by atoms with Crippen LogP contribution in [0.1, 0.15) is 32.6 Å². The molecule has 0 aliphatic heterocycles. The van der Waals surface area contributed by atoms with E-state index >= 15 is 0 Å². The fourth-order valence-corrected chi connectivity index (χ4v) is 1.52. The van der Waals surface area contributed by atoms with E-state index in [9.17, 15) is 5.11 Å². The summed E-state index contributed by atoms with van der Waals surface area (Å²) in [6.07, 6.45) is 3.84. The third-order valence-corrected chi connectivity index (χ3v) is 2.53. The van der Waals surface area contributed by atoms with E-state index in [-0.39, 0.29) is 11.0 Å². The van der Waals surface area contributed by atoms with Gasteiger partial charge in [0, 0.05) is 0 Å². The Morgan fingerprint density at radius 3 is 2.56 bits per heavy atom. The van der Waals surface area contributed by atoms with E-state index in [1.54, 1.807) is 0 Å². The average Bonchev–Trinajstić information content (AvgIpc) is 1.77. The van der Waals surface area contributed by atoms with Gasteiger partial charge in [0.05, 0.1) is 11.0 Å². The molecule has 1 nitrogen and oxygen atoms in total. The highest BCUT2D eigenvalue weighted by Gasteiger charge is 2.32. The lowest BCUT2D eigenvalue weighted by Gasteiger charge is -2.32. The zero-order valence-corrected chi connectivity index (χ0v) is 6.49. The number of rotatable bonds is 0. The minimum Gasteiger partial charge on any atom is -0.391 e. The third-order valence-electron chi connectivity index (χ3n) is 2.09. The van der Waals surface area contributed by atoms with Gasteiger partial charge in [-0.25, -0.2) is 0 Å². The molecule has 54 valence electrons. The van der Waals surface area contributed by atoms with Crippen molar-refractivity contribution in [1.82, 2.24) is 0 Å². The van der Waals surface area contributed by atoms with Crippen LogP contribution < -0.4 is 0 Å². The Morgan fingerprint density at radius 1 is 1.56 bits per heavy atom. The molecule has 1 aliphatic rings. The number of aliphatic hydroxyl groups is 1. The van der Waals surface area contributed by atoms with Gasteiger partial charge in [0.1, 0.15) is 0 Å². The molecular formula is C7H13ClO. The first kappa shape index (κ1) is 7.36. The summed E-state index contributed by atoms with van der Waals surface area (Å²) >= 11 is 5.97. The van der Waals surface area contributed by atoms with E-state index in [0.717, 1.165) is 25.7 Å². The van der Waals surface area contributed by atoms with Crippen LogP contribution in [-0.4, -0.2) is 16.1 Å². The molecular weight excluding hydrogens is 136 g/mol. The molecule has 0 radical (unpaired) electrons. The second-order valence-electron chi connectivity index (χ2n) is 3.04. The summed E-state index contributed by atoms with van der Waals surface area (Å²) in [5, 5.41) is 9.30. The van der Waals surface area contributed by atoms with Gasteiger partial charge < -0.3 is 5.11 Å². The molecule has 1 fully saturated rings. The van der Waals surface area contributed by atoms with E-state index in [4.69, 9.17) is 11.6 Å². The quantitative estimate of drug-likeness (QED) is 0.521. The SMILES string of the molecule is CC1(Cl)CCCCC1O. The maximum Gasteiger partial charge on any atom is 0.0729 e. The normalized spacial score (nSPS) is 45.0. The topological polar surface area (TPSA) is 20.2 Å². The second-order valence-corrected chi connectivity index (χ2v) is 3.90. The smallest absolute Gasteiger partial charge is 0.0729 e. The van der Waals surface area contributed by atoms with Crippen molar-refractivity contribution < 1.29 is 5.11 Å². The van der Waals surface area contributed by atoms with Gasteiger partial charge in [-0.15, -0.1) is 11.6 Å². The predicted octanol–water partition coefficient (Wildman–Crippen LogP) is 1.92. The van der Waals surface area contributed by atoms with Crippen LogP contribution >= 0.6 is 11.6 Å². The molecule has 1 N–H and O–H groups in total. The Balaban J connectivity index is 2.49. The monoisotopic (exact) mass is 148 g/mol. The van der Waals surface area contributed by atoms with Gasteiger partial charge in [-0.3, -0.25) is 0 Å². The van der Waals surface area contributed by atoms with Gasteiger partial charge in [0.2, 0.25) is 0 Å². The predicted molar refractivity (Wildman–Crippen MR) is 38.7 cm³/mol. The first-order valence-corrected chi connectivity index (χ1v) is 3.88. The number of alkyl halides is 1. The Morgan fingerprint density at radius 2 is 2.22 bits per heavy atom. The lowest BCUT2D eigenvalue weighted by molar-refractivity contribution is 0.0946. The number of aliphatic hydroxyl groups excluding tert-OH is 1. The third kappa shape index (κ3) is 1.59. The Kier molecular flexibility index (Phi) is 2.02. The Bertz CT molecular complexity index is 101. The molecule has 1 aliphatic carbocycles. The van der Waals surface area contributed by atoms with Crippen molar-refractivity contribution in [2.24, 2.45) is 0 Å². The van der Waals surface area contributed by atoms with E-state index in [1.165, 1.54) is 0 Å². The molecule has 0 aromatic rings. The molecule has 0 heterocycles. The summed E-state index contributed by atoms with van der Waals surface area (Å²) in [7, 11) is 0. The maximum atomic E-state index is 9.30. The van der Waals surface area contributed by atoms with Crippen LogP contribution in [-0.2, 0) is 0 Å². The van der Waals surface area contributed by atoms with Gasteiger partial charge in [0.25, 0.3) is 0 Å². The van der Waals surface area contributed by atoms with Gasteiger partial charge in [-0.05, 0) is 19.8 Å². The first-order chi connectivity index (χ1) is 4.13. The molecule has 2 unspecified atom stereocenters. The molecule has 2 atom stereocenters. The average molecular weight is 149 g/mol. The summed E-state index contributed by atoms with van der Waals surface area (Å²) in [6.45, 7) is 1.92. The van der Waals surface area contributed by atoms with E-state index < -0.39 is 0 Å². The summed E-state index contributed by atoms with van der Waals surface area (Å²) in [4.78, 5) is -0.335. The van der Waals surface area contributed by atoms with Crippen LogP contribution in [0.2, 0.25) is 0 Å².